The number of benzene rings is 1. The van der Waals surface area contributed by atoms with Crippen LogP contribution in [0.2, 0.25) is 0 Å². The number of nitrogens with zero attached hydrogens (tertiary/aromatic N) is 1. The van der Waals surface area contributed by atoms with Crippen molar-refractivity contribution in [2.45, 2.75) is 63.0 Å². The Balaban J connectivity index is 1.34. The van der Waals surface area contributed by atoms with Crippen molar-refractivity contribution in [3.8, 4) is 0 Å². The maximum Gasteiger partial charge on any atom is 0.223 e. The highest BCUT2D eigenvalue weighted by molar-refractivity contribution is 5.85. The largest absolute Gasteiger partial charge is 0.389 e. The molecular weight excluding hydrogens is 324 g/mol. The molecule has 1 aromatic carbocycles. The zero-order chi connectivity index (χ0) is 17.9. The number of aliphatic hydroxyl groups is 1. The van der Waals surface area contributed by atoms with Crippen molar-refractivity contribution in [2.75, 3.05) is 6.54 Å². The molecule has 138 valence electrons. The molecule has 2 saturated carbocycles. The summed E-state index contributed by atoms with van der Waals surface area (Å²) < 4.78 is 0. The van der Waals surface area contributed by atoms with Crippen LogP contribution in [0.4, 0.5) is 0 Å². The Morgan fingerprint density at radius 1 is 1.35 bits per heavy atom. The van der Waals surface area contributed by atoms with Crippen LogP contribution in [0.5, 0.6) is 0 Å². The van der Waals surface area contributed by atoms with Crippen molar-refractivity contribution < 1.29 is 9.90 Å². The maximum atomic E-state index is 13.2. The lowest BCUT2D eigenvalue weighted by molar-refractivity contribution is -0.172. The number of para-hydroxylation sites is 1. The number of carbonyl (C=O) groups excluding carboxylic acids is 1. The first kappa shape index (κ1) is 16.4. The number of piperidine rings is 1. The third-order valence-corrected chi connectivity index (χ3v) is 7.33. The topological polar surface area (TPSA) is 56.3 Å². The van der Waals surface area contributed by atoms with E-state index in [4.69, 9.17) is 0 Å². The molecule has 3 bridgehead atoms. The Hall–Kier alpha value is -1.81. The molecule has 3 fully saturated rings. The summed E-state index contributed by atoms with van der Waals surface area (Å²) in [5.74, 6) is 1.35. The number of nitrogens with one attached hydrogen (secondary N) is 1. The van der Waals surface area contributed by atoms with Gasteiger partial charge >= 0.3 is 0 Å². The number of H-pyrrole nitrogens is 1. The minimum Gasteiger partial charge on any atom is -0.389 e. The lowest BCUT2D eigenvalue weighted by Gasteiger charge is -2.57. The monoisotopic (exact) mass is 352 g/mol. The molecule has 0 radical (unpaired) electrons. The average molecular weight is 352 g/mol. The van der Waals surface area contributed by atoms with E-state index >= 15 is 0 Å². The summed E-state index contributed by atoms with van der Waals surface area (Å²) in [6, 6.07) is 8.54. The van der Waals surface area contributed by atoms with Crippen LogP contribution < -0.4 is 0 Å². The van der Waals surface area contributed by atoms with Gasteiger partial charge in [-0.2, -0.15) is 0 Å². The van der Waals surface area contributed by atoms with Crippen LogP contribution in [0.1, 0.15) is 56.9 Å². The van der Waals surface area contributed by atoms with Crippen LogP contribution in [-0.2, 0) is 4.79 Å². The number of aromatic amines is 1. The molecule has 1 aromatic heterocycles. The molecule has 2 aliphatic carbocycles. The molecule has 0 spiro atoms. The minimum atomic E-state index is -0.495. The summed E-state index contributed by atoms with van der Waals surface area (Å²) in [6.45, 7) is 2.91. The number of aromatic nitrogens is 1. The summed E-state index contributed by atoms with van der Waals surface area (Å²) in [6.07, 6.45) is 7.76. The second-order valence-electron chi connectivity index (χ2n) is 8.98. The molecule has 3 aliphatic rings. The molecule has 26 heavy (non-hydrogen) atoms. The van der Waals surface area contributed by atoms with Crippen molar-refractivity contribution in [2.24, 2.45) is 11.8 Å². The van der Waals surface area contributed by atoms with Gasteiger partial charge in [0.2, 0.25) is 5.91 Å². The molecule has 2 N–H and O–H groups in total. The van der Waals surface area contributed by atoms with E-state index in [1.807, 2.05) is 6.07 Å². The quantitative estimate of drug-likeness (QED) is 0.882. The summed E-state index contributed by atoms with van der Waals surface area (Å²) in [5, 5.41) is 12.2. The minimum absolute atomic E-state index is 0.195. The predicted molar refractivity (Wildman–Crippen MR) is 102 cm³/mol. The van der Waals surface area contributed by atoms with Gasteiger partial charge < -0.3 is 15.0 Å². The fourth-order valence-corrected chi connectivity index (χ4v) is 5.98. The Bertz CT molecular complexity index is 844. The van der Waals surface area contributed by atoms with Crippen molar-refractivity contribution >= 4 is 16.8 Å². The third kappa shape index (κ3) is 2.50. The van der Waals surface area contributed by atoms with Crippen molar-refractivity contribution in [3.63, 3.8) is 0 Å². The smallest absolute Gasteiger partial charge is 0.223 e. The second-order valence-corrected chi connectivity index (χ2v) is 8.98. The SMILES string of the molecule is CC(CC(=O)N1CC2CCC3CC1CC2(O)C3)c1c[nH]c2ccccc12. The zero-order valence-corrected chi connectivity index (χ0v) is 15.4. The van der Waals surface area contributed by atoms with Crippen LogP contribution >= 0.6 is 0 Å². The van der Waals surface area contributed by atoms with Crippen LogP contribution in [0.25, 0.3) is 10.9 Å². The zero-order valence-electron chi connectivity index (χ0n) is 15.4. The molecule has 1 aliphatic heterocycles. The van der Waals surface area contributed by atoms with Gasteiger partial charge in [-0.3, -0.25) is 4.79 Å². The Morgan fingerprint density at radius 3 is 3.08 bits per heavy atom. The molecule has 4 heteroatoms. The van der Waals surface area contributed by atoms with Gasteiger partial charge in [-0.05, 0) is 55.6 Å². The molecule has 1 saturated heterocycles. The predicted octanol–water partition coefficient (Wildman–Crippen LogP) is 3.81. The first-order chi connectivity index (χ1) is 12.5. The Labute approximate surface area is 154 Å². The number of amides is 1. The molecule has 2 aromatic rings. The molecule has 4 nitrogen and oxygen atoms in total. The number of likely N-dealkylation sites (tertiary alicyclic amines) is 1. The Kier molecular flexibility index (Phi) is 3.68. The first-order valence-corrected chi connectivity index (χ1v) is 10.1. The molecule has 1 amide bonds. The van der Waals surface area contributed by atoms with E-state index in [9.17, 15) is 9.90 Å². The number of carbonyl (C=O) groups is 1. The highest BCUT2D eigenvalue weighted by Gasteiger charge is 2.53. The van der Waals surface area contributed by atoms with Gasteiger partial charge in [-0.1, -0.05) is 25.1 Å². The highest BCUT2D eigenvalue weighted by Crippen LogP contribution is 2.51. The number of fused-ring (bicyclic) bond motifs is 3. The van der Waals surface area contributed by atoms with Gasteiger partial charge in [0.05, 0.1) is 5.60 Å². The molecule has 5 rings (SSSR count). The normalized spacial score (nSPS) is 34.2. The molecule has 2 heterocycles. The van der Waals surface area contributed by atoms with Gasteiger partial charge in [0.25, 0.3) is 0 Å². The Morgan fingerprint density at radius 2 is 2.19 bits per heavy atom. The summed E-state index contributed by atoms with van der Waals surface area (Å²) in [7, 11) is 0. The lowest BCUT2D eigenvalue weighted by Crippen LogP contribution is -2.63. The van der Waals surface area contributed by atoms with E-state index in [-0.39, 0.29) is 23.8 Å². The third-order valence-electron chi connectivity index (χ3n) is 7.33. The highest BCUT2D eigenvalue weighted by atomic mass is 16.3. The van der Waals surface area contributed by atoms with Crippen molar-refractivity contribution in [1.29, 1.82) is 0 Å². The molecule has 5 unspecified atom stereocenters. The number of hydrogen-bond acceptors (Lipinski definition) is 2. The van der Waals surface area contributed by atoms with E-state index in [1.54, 1.807) is 0 Å². The maximum absolute atomic E-state index is 13.2. The van der Waals surface area contributed by atoms with E-state index in [1.165, 1.54) is 17.4 Å². The fourth-order valence-electron chi connectivity index (χ4n) is 5.98. The van der Waals surface area contributed by atoms with Crippen LogP contribution in [0.3, 0.4) is 0 Å². The summed E-state index contributed by atoms with van der Waals surface area (Å²) in [4.78, 5) is 18.6. The number of hydrogen-bond donors (Lipinski definition) is 2. The van der Waals surface area contributed by atoms with E-state index < -0.39 is 5.60 Å². The summed E-state index contributed by atoms with van der Waals surface area (Å²) in [5.41, 5.74) is 1.87. The standard InChI is InChI=1S/C22H28N2O2/c1-14(19-12-23-20-5-3-2-4-18(19)20)8-21(25)24-13-16-7-6-15-9-17(24)11-22(16,26)10-15/h2-5,12,14-17,23,26H,6-11,13H2,1H3. The van der Waals surface area contributed by atoms with Gasteiger partial charge in [0, 0.05) is 42.0 Å². The molecular formula is C22H28N2O2. The van der Waals surface area contributed by atoms with Crippen molar-refractivity contribution in [1.82, 2.24) is 9.88 Å². The molecule has 5 atom stereocenters. The van der Waals surface area contributed by atoms with Crippen LogP contribution in [0.15, 0.2) is 30.5 Å². The van der Waals surface area contributed by atoms with Crippen LogP contribution in [0, 0.1) is 11.8 Å². The van der Waals surface area contributed by atoms with Gasteiger partial charge in [-0.15, -0.1) is 0 Å². The van der Waals surface area contributed by atoms with E-state index in [0.717, 1.165) is 37.7 Å². The summed E-state index contributed by atoms with van der Waals surface area (Å²) >= 11 is 0. The van der Waals surface area contributed by atoms with Crippen molar-refractivity contribution in [3.05, 3.63) is 36.0 Å². The van der Waals surface area contributed by atoms with E-state index in [2.05, 4.69) is 41.2 Å². The number of rotatable bonds is 3. The van der Waals surface area contributed by atoms with Gasteiger partial charge in [-0.25, -0.2) is 0 Å². The van der Waals surface area contributed by atoms with Crippen LogP contribution in [-0.4, -0.2) is 39.1 Å². The van der Waals surface area contributed by atoms with Gasteiger partial charge in [0.15, 0.2) is 0 Å². The van der Waals surface area contributed by atoms with Gasteiger partial charge in [0.1, 0.15) is 0 Å². The lowest BCUT2D eigenvalue weighted by atomic mass is 9.59. The first-order valence-electron chi connectivity index (χ1n) is 10.1. The average Bonchev–Trinajstić information content (AvgIpc) is 3.03. The van der Waals surface area contributed by atoms with E-state index in [0.29, 0.717) is 12.3 Å². The second kappa shape index (κ2) is 5.85. The fraction of sp³-hybridized carbons (Fsp3) is 0.591.